The first-order valence-electron chi connectivity index (χ1n) is 8.62. The minimum Gasteiger partial charge on any atom is -0.356 e. The minimum absolute atomic E-state index is 0.127. The first-order chi connectivity index (χ1) is 12.5. The fraction of sp³-hybridized carbons (Fsp3) is 0.368. The highest BCUT2D eigenvalue weighted by atomic mass is 35.5. The smallest absolute Gasteiger partial charge is 0.254 e. The van der Waals surface area contributed by atoms with Crippen LogP contribution >= 0.6 is 11.6 Å². The highest BCUT2D eigenvalue weighted by Gasteiger charge is 2.37. The summed E-state index contributed by atoms with van der Waals surface area (Å²) >= 11 is 6.07. The number of hydrogen-bond donors (Lipinski definition) is 0. The fourth-order valence-corrected chi connectivity index (χ4v) is 3.82. The number of carbonyl (C=O) groups is 1. The highest BCUT2D eigenvalue weighted by Crippen LogP contribution is 2.40. The maximum absolute atomic E-state index is 13.1. The van der Waals surface area contributed by atoms with E-state index >= 15 is 0 Å². The van der Waals surface area contributed by atoms with Gasteiger partial charge in [-0.1, -0.05) is 11.6 Å². The van der Waals surface area contributed by atoms with Crippen LogP contribution in [0, 0.1) is 18.3 Å². The lowest BCUT2D eigenvalue weighted by Gasteiger charge is -2.34. The van der Waals surface area contributed by atoms with E-state index < -0.39 is 0 Å². The topological polar surface area (TPSA) is 73.1 Å². The van der Waals surface area contributed by atoms with Crippen LogP contribution in [0.15, 0.2) is 18.2 Å². The van der Waals surface area contributed by atoms with Crippen molar-refractivity contribution in [2.75, 3.05) is 18.0 Å². The Morgan fingerprint density at radius 3 is 2.73 bits per heavy atom. The van der Waals surface area contributed by atoms with E-state index in [4.69, 9.17) is 16.9 Å². The van der Waals surface area contributed by atoms with E-state index in [0.717, 1.165) is 42.4 Å². The van der Waals surface area contributed by atoms with Gasteiger partial charge in [0, 0.05) is 29.2 Å². The van der Waals surface area contributed by atoms with Crippen molar-refractivity contribution in [1.82, 2.24) is 14.9 Å². The molecule has 0 unspecified atom stereocenters. The number of halogens is 1. The molecule has 7 heteroatoms. The van der Waals surface area contributed by atoms with E-state index in [1.807, 2.05) is 19.9 Å². The summed E-state index contributed by atoms with van der Waals surface area (Å²) in [5.41, 5.74) is 2.74. The molecule has 4 rings (SSSR count). The van der Waals surface area contributed by atoms with Crippen molar-refractivity contribution in [1.29, 1.82) is 5.26 Å². The Bertz CT molecular complexity index is 948. The third-order valence-electron chi connectivity index (χ3n) is 5.01. The van der Waals surface area contributed by atoms with Crippen molar-refractivity contribution in [3.8, 4) is 6.07 Å². The molecule has 1 aromatic heterocycles. The summed E-state index contributed by atoms with van der Waals surface area (Å²) in [4.78, 5) is 26.3. The SMILES string of the molecule is Cc1nc2c(c(N3CCC3)n1)[C@@H](C)N(C(=O)c1cc(Cl)cc(C#N)c1)C2. The Morgan fingerprint density at radius 2 is 2.08 bits per heavy atom. The summed E-state index contributed by atoms with van der Waals surface area (Å²) in [6.45, 7) is 6.30. The summed E-state index contributed by atoms with van der Waals surface area (Å²) in [6.07, 6.45) is 1.16. The molecule has 6 nitrogen and oxygen atoms in total. The van der Waals surface area contributed by atoms with Crippen LogP contribution in [-0.4, -0.2) is 33.9 Å². The van der Waals surface area contributed by atoms with Crippen molar-refractivity contribution in [3.05, 3.63) is 51.4 Å². The van der Waals surface area contributed by atoms with Gasteiger partial charge in [0.15, 0.2) is 0 Å². The third-order valence-corrected chi connectivity index (χ3v) is 5.23. The molecule has 132 valence electrons. The maximum Gasteiger partial charge on any atom is 0.254 e. The number of nitrogens with zero attached hydrogens (tertiary/aromatic N) is 5. The lowest BCUT2D eigenvalue weighted by Crippen LogP contribution is -2.39. The molecule has 3 heterocycles. The number of hydrogen-bond acceptors (Lipinski definition) is 5. The number of benzene rings is 1. The largest absolute Gasteiger partial charge is 0.356 e. The maximum atomic E-state index is 13.1. The quantitative estimate of drug-likeness (QED) is 0.814. The molecular formula is C19H18ClN5O. The van der Waals surface area contributed by atoms with Gasteiger partial charge in [0.05, 0.1) is 29.9 Å². The zero-order valence-corrected chi connectivity index (χ0v) is 15.4. The van der Waals surface area contributed by atoms with Gasteiger partial charge in [-0.3, -0.25) is 4.79 Å². The molecule has 0 aliphatic carbocycles. The molecule has 1 aromatic carbocycles. The third kappa shape index (κ3) is 2.69. The monoisotopic (exact) mass is 367 g/mol. The van der Waals surface area contributed by atoms with Crippen LogP contribution in [-0.2, 0) is 6.54 Å². The normalized spacial score (nSPS) is 18.3. The minimum atomic E-state index is -0.151. The Morgan fingerprint density at radius 1 is 1.31 bits per heavy atom. The number of aryl methyl sites for hydroxylation is 1. The van der Waals surface area contributed by atoms with Gasteiger partial charge in [-0.15, -0.1) is 0 Å². The molecule has 26 heavy (non-hydrogen) atoms. The van der Waals surface area contributed by atoms with Crippen LogP contribution in [0.25, 0.3) is 0 Å². The summed E-state index contributed by atoms with van der Waals surface area (Å²) in [6, 6.07) is 6.66. The zero-order chi connectivity index (χ0) is 18.4. The molecular weight excluding hydrogens is 350 g/mol. The van der Waals surface area contributed by atoms with Crippen LogP contribution < -0.4 is 4.90 Å². The van der Waals surface area contributed by atoms with Crippen LogP contribution in [0.5, 0.6) is 0 Å². The molecule has 0 spiro atoms. The number of aromatic nitrogens is 2. The number of carbonyl (C=O) groups excluding carboxylic acids is 1. The predicted molar refractivity (Wildman–Crippen MR) is 98.1 cm³/mol. The summed E-state index contributed by atoms with van der Waals surface area (Å²) in [5, 5.41) is 9.51. The lowest BCUT2D eigenvalue weighted by atomic mass is 10.1. The van der Waals surface area contributed by atoms with Crippen molar-refractivity contribution in [2.45, 2.75) is 32.9 Å². The number of fused-ring (bicyclic) bond motifs is 1. The summed E-state index contributed by atoms with van der Waals surface area (Å²) in [5.74, 6) is 1.52. The molecule has 0 N–H and O–H groups in total. The second kappa shape index (κ2) is 6.26. The van der Waals surface area contributed by atoms with Gasteiger partial charge in [-0.2, -0.15) is 5.26 Å². The van der Waals surface area contributed by atoms with E-state index in [2.05, 4.69) is 14.9 Å². The fourth-order valence-electron chi connectivity index (χ4n) is 3.59. The average Bonchev–Trinajstić information content (AvgIpc) is 2.88. The van der Waals surface area contributed by atoms with Gasteiger partial charge >= 0.3 is 0 Å². The molecule has 2 aliphatic heterocycles. The van der Waals surface area contributed by atoms with Crippen molar-refractivity contribution in [3.63, 3.8) is 0 Å². The molecule has 0 radical (unpaired) electrons. The zero-order valence-electron chi connectivity index (χ0n) is 14.7. The predicted octanol–water partition coefficient (Wildman–Crippen LogP) is 3.24. The van der Waals surface area contributed by atoms with Crippen molar-refractivity contribution >= 4 is 23.3 Å². The van der Waals surface area contributed by atoms with Crippen molar-refractivity contribution in [2.24, 2.45) is 0 Å². The molecule has 2 aromatic rings. The summed E-state index contributed by atoms with van der Waals surface area (Å²) < 4.78 is 0. The van der Waals surface area contributed by atoms with E-state index in [1.165, 1.54) is 0 Å². The Balaban J connectivity index is 1.70. The second-order valence-electron chi connectivity index (χ2n) is 6.74. The van der Waals surface area contributed by atoms with Crippen LogP contribution in [0.1, 0.15) is 52.4 Å². The van der Waals surface area contributed by atoms with Gasteiger partial charge in [0.2, 0.25) is 0 Å². The number of nitriles is 1. The van der Waals surface area contributed by atoms with Crippen LogP contribution in [0.4, 0.5) is 5.82 Å². The molecule has 1 saturated heterocycles. The van der Waals surface area contributed by atoms with Crippen LogP contribution in [0.2, 0.25) is 5.02 Å². The van der Waals surface area contributed by atoms with E-state index in [9.17, 15) is 4.79 Å². The number of rotatable bonds is 2. The molecule has 1 atom stereocenters. The lowest BCUT2D eigenvalue weighted by molar-refractivity contribution is 0.0704. The highest BCUT2D eigenvalue weighted by molar-refractivity contribution is 6.31. The van der Waals surface area contributed by atoms with Gasteiger partial charge in [0.25, 0.3) is 5.91 Å². The van der Waals surface area contributed by atoms with E-state index in [-0.39, 0.29) is 11.9 Å². The number of amides is 1. The first-order valence-corrected chi connectivity index (χ1v) is 8.99. The molecule has 1 amide bonds. The van der Waals surface area contributed by atoms with Crippen molar-refractivity contribution < 1.29 is 4.79 Å². The van der Waals surface area contributed by atoms with Gasteiger partial charge < -0.3 is 9.80 Å². The molecule has 0 bridgehead atoms. The Hall–Kier alpha value is -2.65. The molecule has 2 aliphatic rings. The second-order valence-corrected chi connectivity index (χ2v) is 7.18. The average molecular weight is 368 g/mol. The summed E-state index contributed by atoms with van der Waals surface area (Å²) in [7, 11) is 0. The number of anilines is 1. The standard InChI is InChI=1S/C19H18ClN5O/c1-11-17-16(22-12(2)23-18(17)24-4-3-5-24)10-25(11)19(26)14-6-13(9-21)7-15(20)8-14/h6-8,11H,3-5,10H2,1-2H3/t11-/m1/s1. The van der Waals surface area contributed by atoms with Gasteiger partial charge in [-0.05, 0) is 38.5 Å². The van der Waals surface area contributed by atoms with E-state index in [0.29, 0.717) is 22.7 Å². The van der Waals surface area contributed by atoms with Gasteiger partial charge in [0.1, 0.15) is 11.6 Å². The molecule has 0 saturated carbocycles. The van der Waals surface area contributed by atoms with Gasteiger partial charge in [-0.25, -0.2) is 9.97 Å². The molecule has 1 fully saturated rings. The first kappa shape index (κ1) is 16.8. The Labute approximate surface area is 157 Å². The van der Waals surface area contributed by atoms with Crippen LogP contribution in [0.3, 0.4) is 0 Å². The van der Waals surface area contributed by atoms with E-state index in [1.54, 1.807) is 23.1 Å². The Kier molecular flexibility index (Phi) is 4.04.